The lowest BCUT2D eigenvalue weighted by atomic mass is 9.87. The zero-order chi connectivity index (χ0) is 9.86. The molecular weight excluding hydrogens is 174 g/mol. The van der Waals surface area contributed by atoms with E-state index in [1.54, 1.807) is 0 Å². The van der Waals surface area contributed by atoms with E-state index in [0.29, 0.717) is 12.1 Å². The molecule has 0 saturated heterocycles. The topological polar surface area (TPSA) is 32.3 Å². The van der Waals surface area contributed by atoms with E-state index in [0.717, 1.165) is 12.5 Å². The Morgan fingerprint density at radius 2 is 1.71 bits per heavy atom. The van der Waals surface area contributed by atoms with Crippen LogP contribution >= 0.6 is 0 Å². The maximum absolute atomic E-state index is 9.17. The van der Waals surface area contributed by atoms with E-state index in [1.165, 1.54) is 51.4 Å². The van der Waals surface area contributed by atoms with Crippen molar-refractivity contribution in [2.75, 3.05) is 6.61 Å². The molecule has 0 aliphatic heterocycles. The first-order valence-corrected chi connectivity index (χ1v) is 6.23. The predicted molar refractivity (Wildman–Crippen MR) is 58.3 cm³/mol. The molecule has 0 aromatic heterocycles. The van der Waals surface area contributed by atoms with Gasteiger partial charge in [-0.1, -0.05) is 25.7 Å². The molecule has 0 spiro atoms. The fourth-order valence-corrected chi connectivity index (χ4v) is 2.75. The van der Waals surface area contributed by atoms with Gasteiger partial charge in [0.1, 0.15) is 0 Å². The van der Waals surface area contributed by atoms with Gasteiger partial charge in [0.05, 0.1) is 0 Å². The van der Waals surface area contributed by atoms with Gasteiger partial charge in [0.25, 0.3) is 0 Å². The highest BCUT2D eigenvalue weighted by atomic mass is 16.3. The van der Waals surface area contributed by atoms with E-state index in [1.807, 2.05) is 0 Å². The van der Waals surface area contributed by atoms with Gasteiger partial charge in [0.2, 0.25) is 0 Å². The van der Waals surface area contributed by atoms with Gasteiger partial charge in [-0.2, -0.15) is 0 Å². The lowest BCUT2D eigenvalue weighted by Crippen LogP contribution is -2.46. The van der Waals surface area contributed by atoms with Gasteiger partial charge in [0.15, 0.2) is 0 Å². The SMILES string of the molecule is OCCC1(NC2CC2)CCCCCC1. The maximum atomic E-state index is 9.17. The van der Waals surface area contributed by atoms with Crippen LogP contribution in [0.2, 0.25) is 0 Å². The molecule has 0 amide bonds. The van der Waals surface area contributed by atoms with Crippen molar-refractivity contribution in [1.82, 2.24) is 5.32 Å². The van der Waals surface area contributed by atoms with Crippen molar-refractivity contribution in [2.45, 2.75) is 69.4 Å². The zero-order valence-electron chi connectivity index (χ0n) is 9.10. The quantitative estimate of drug-likeness (QED) is 0.677. The Kier molecular flexibility index (Phi) is 3.45. The second kappa shape index (κ2) is 4.63. The molecule has 2 aliphatic carbocycles. The molecule has 2 rings (SSSR count). The van der Waals surface area contributed by atoms with Gasteiger partial charge in [-0.15, -0.1) is 0 Å². The van der Waals surface area contributed by atoms with Gasteiger partial charge in [-0.05, 0) is 32.1 Å². The second-order valence-corrected chi connectivity index (χ2v) is 5.09. The molecular formula is C12H23NO. The third-order valence-corrected chi connectivity index (χ3v) is 3.74. The van der Waals surface area contributed by atoms with Gasteiger partial charge in [0, 0.05) is 18.2 Å². The summed E-state index contributed by atoms with van der Waals surface area (Å²) in [6, 6.07) is 0.777. The second-order valence-electron chi connectivity index (χ2n) is 5.09. The summed E-state index contributed by atoms with van der Waals surface area (Å²) in [7, 11) is 0. The highest BCUT2D eigenvalue weighted by Crippen LogP contribution is 2.33. The van der Waals surface area contributed by atoms with E-state index in [9.17, 15) is 0 Å². The van der Waals surface area contributed by atoms with Gasteiger partial charge >= 0.3 is 0 Å². The average Bonchev–Trinajstić information content (AvgIpc) is 2.95. The molecule has 2 nitrogen and oxygen atoms in total. The van der Waals surface area contributed by atoms with Crippen LogP contribution in [0.5, 0.6) is 0 Å². The molecule has 2 saturated carbocycles. The van der Waals surface area contributed by atoms with Crippen LogP contribution in [0.15, 0.2) is 0 Å². The van der Waals surface area contributed by atoms with E-state index >= 15 is 0 Å². The number of hydrogen-bond acceptors (Lipinski definition) is 2. The van der Waals surface area contributed by atoms with Crippen LogP contribution in [0.3, 0.4) is 0 Å². The Labute approximate surface area is 87.1 Å². The van der Waals surface area contributed by atoms with Crippen LogP contribution in [0, 0.1) is 0 Å². The van der Waals surface area contributed by atoms with Crippen molar-refractivity contribution >= 4 is 0 Å². The third-order valence-electron chi connectivity index (χ3n) is 3.74. The first-order chi connectivity index (χ1) is 6.85. The van der Waals surface area contributed by atoms with Crippen LogP contribution in [-0.2, 0) is 0 Å². The van der Waals surface area contributed by atoms with Gasteiger partial charge < -0.3 is 10.4 Å². The number of aliphatic hydroxyl groups is 1. The molecule has 0 aromatic carbocycles. The molecule has 0 atom stereocenters. The fraction of sp³-hybridized carbons (Fsp3) is 1.00. The smallest absolute Gasteiger partial charge is 0.0448 e. The maximum Gasteiger partial charge on any atom is 0.0448 e. The van der Waals surface area contributed by atoms with E-state index in [2.05, 4.69) is 5.32 Å². The summed E-state index contributed by atoms with van der Waals surface area (Å²) >= 11 is 0. The normalized spacial score (nSPS) is 27.2. The molecule has 82 valence electrons. The van der Waals surface area contributed by atoms with Crippen molar-refractivity contribution < 1.29 is 5.11 Å². The Hall–Kier alpha value is -0.0800. The Morgan fingerprint density at radius 3 is 2.21 bits per heavy atom. The van der Waals surface area contributed by atoms with E-state index in [4.69, 9.17) is 5.11 Å². The Morgan fingerprint density at radius 1 is 1.07 bits per heavy atom. The minimum Gasteiger partial charge on any atom is -0.396 e. The van der Waals surface area contributed by atoms with Crippen molar-refractivity contribution in [3.05, 3.63) is 0 Å². The van der Waals surface area contributed by atoms with Crippen molar-refractivity contribution in [3.63, 3.8) is 0 Å². The molecule has 0 aromatic rings. The van der Waals surface area contributed by atoms with Crippen LogP contribution in [0.1, 0.15) is 57.8 Å². The van der Waals surface area contributed by atoms with Gasteiger partial charge in [-0.25, -0.2) is 0 Å². The molecule has 2 heteroatoms. The van der Waals surface area contributed by atoms with Crippen molar-refractivity contribution in [1.29, 1.82) is 0 Å². The summed E-state index contributed by atoms with van der Waals surface area (Å²) in [5.41, 5.74) is 0.298. The fourth-order valence-electron chi connectivity index (χ4n) is 2.75. The lowest BCUT2D eigenvalue weighted by molar-refractivity contribution is 0.189. The van der Waals surface area contributed by atoms with Crippen molar-refractivity contribution in [2.24, 2.45) is 0 Å². The highest BCUT2D eigenvalue weighted by Gasteiger charge is 2.35. The Bertz CT molecular complexity index is 169. The van der Waals surface area contributed by atoms with Crippen LogP contribution in [-0.4, -0.2) is 23.3 Å². The van der Waals surface area contributed by atoms with Crippen molar-refractivity contribution in [3.8, 4) is 0 Å². The highest BCUT2D eigenvalue weighted by molar-refractivity contribution is 4.96. The monoisotopic (exact) mass is 197 g/mol. The van der Waals surface area contributed by atoms with Crippen LogP contribution in [0.4, 0.5) is 0 Å². The molecule has 2 fully saturated rings. The van der Waals surface area contributed by atoms with Gasteiger partial charge in [-0.3, -0.25) is 0 Å². The number of nitrogens with one attached hydrogen (secondary N) is 1. The number of hydrogen-bond donors (Lipinski definition) is 2. The molecule has 0 bridgehead atoms. The summed E-state index contributed by atoms with van der Waals surface area (Å²) in [5, 5.41) is 13.0. The molecule has 2 aliphatic rings. The van der Waals surface area contributed by atoms with E-state index in [-0.39, 0.29) is 0 Å². The third kappa shape index (κ3) is 2.71. The van der Waals surface area contributed by atoms with Crippen LogP contribution in [0.25, 0.3) is 0 Å². The summed E-state index contributed by atoms with van der Waals surface area (Å²) in [6.07, 6.45) is 11.7. The largest absolute Gasteiger partial charge is 0.396 e. The standard InChI is InChI=1S/C12H23NO/c14-10-9-12(13-11-5-6-11)7-3-1-2-4-8-12/h11,13-14H,1-10H2. The number of rotatable bonds is 4. The molecule has 14 heavy (non-hydrogen) atoms. The summed E-state index contributed by atoms with van der Waals surface area (Å²) in [4.78, 5) is 0. The minimum atomic E-state index is 0.298. The first-order valence-electron chi connectivity index (χ1n) is 6.23. The molecule has 2 N–H and O–H groups in total. The first kappa shape index (κ1) is 10.4. The Balaban J connectivity index is 1.93. The van der Waals surface area contributed by atoms with E-state index < -0.39 is 0 Å². The summed E-state index contributed by atoms with van der Waals surface area (Å²) in [5.74, 6) is 0. The molecule has 0 heterocycles. The van der Waals surface area contributed by atoms with Crippen LogP contribution < -0.4 is 5.32 Å². The molecule has 0 unspecified atom stereocenters. The average molecular weight is 197 g/mol. The lowest BCUT2D eigenvalue weighted by Gasteiger charge is -2.34. The zero-order valence-corrected chi connectivity index (χ0v) is 9.10. The summed E-state index contributed by atoms with van der Waals surface area (Å²) < 4.78 is 0. The summed E-state index contributed by atoms with van der Waals surface area (Å²) in [6.45, 7) is 0.347. The predicted octanol–water partition coefficient (Wildman–Crippen LogP) is 2.21. The minimum absolute atomic E-state index is 0.298. The number of aliphatic hydroxyl groups excluding tert-OH is 1. The molecule has 0 radical (unpaired) electrons.